The number of benzene rings is 1. The number of carbonyl (C=O) groups is 1. The number of rotatable bonds is 7. The lowest BCUT2D eigenvalue weighted by Crippen LogP contribution is -2.38. The van der Waals surface area contributed by atoms with Gasteiger partial charge in [-0.15, -0.1) is 0 Å². The number of hydrogen-bond donors (Lipinski definition) is 1. The molecule has 106 valence electrons. The van der Waals surface area contributed by atoms with Crippen LogP contribution in [0.15, 0.2) is 30.3 Å². The molecule has 4 nitrogen and oxygen atoms in total. The highest BCUT2D eigenvalue weighted by Gasteiger charge is 2.23. The Morgan fingerprint density at radius 2 is 1.89 bits per heavy atom. The smallest absolute Gasteiger partial charge is 0.323 e. The first-order chi connectivity index (χ1) is 9.04. The fourth-order valence-corrected chi connectivity index (χ4v) is 1.72. The van der Waals surface area contributed by atoms with Gasteiger partial charge < -0.3 is 15.2 Å². The van der Waals surface area contributed by atoms with Crippen LogP contribution < -0.4 is 10.5 Å². The van der Waals surface area contributed by atoms with Crippen LogP contribution in [0.5, 0.6) is 5.75 Å². The number of nitrogens with two attached hydrogens (primary N) is 1. The lowest BCUT2D eigenvalue weighted by atomic mass is 10.1. The fraction of sp³-hybridized carbons (Fsp3) is 0.533. The summed E-state index contributed by atoms with van der Waals surface area (Å²) in [4.78, 5) is 11.6. The Morgan fingerprint density at radius 3 is 2.42 bits per heavy atom. The van der Waals surface area contributed by atoms with Crippen molar-refractivity contribution in [2.45, 2.75) is 51.9 Å². The highest BCUT2D eigenvalue weighted by Crippen LogP contribution is 2.16. The first-order valence-corrected chi connectivity index (χ1v) is 6.72. The third kappa shape index (κ3) is 5.30. The van der Waals surface area contributed by atoms with Gasteiger partial charge in [-0.1, -0.05) is 31.5 Å². The molecule has 0 radical (unpaired) electrons. The maximum Gasteiger partial charge on any atom is 0.323 e. The number of esters is 1. The van der Waals surface area contributed by atoms with Crippen LogP contribution in [-0.4, -0.2) is 24.2 Å². The van der Waals surface area contributed by atoms with Gasteiger partial charge in [-0.2, -0.15) is 0 Å². The molecule has 0 spiro atoms. The molecule has 4 heteroatoms. The third-order valence-corrected chi connectivity index (χ3v) is 2.80. The molecule has 0 aliphatic rings. The van der Waals surface area contributed by atoms with Crippen LogP contribution in [0, 0.1) is 0 Å². The van der Waals surface area contributed by atoms with Crippen LogP contribution in [0.3, 0.4) is 0 Å². The van der Waals surface area contributed by atoms with Gasteiger partial charge in [-0.05, 0) is 32.4 Å². The van der Waals surface area contributed by atoms with Crippen LogP contribution in [0.2, 0.25) is 0 Å². The maximum absolute atomic E-state index is 11.6. The van der Waals surface area contributed by atoms with Gasteiger partial charge in [0.05, 0.1) is 0 Å². The van der Waals surface area contributed by atoms with Crippen molar-refractivity contribution >= 4 is 5.97 Å². The zero-order chi connectivity index (χ0) is 14.3. The van der Waals surface area contributed by atoms with Crippen LogP contribution in [-0.2, 0) is 9.53 Å². The average Bonchev–Trinajstić information content (AvgIpc) is 2.39. The van der Waals surface area contributed by atoms with Crippen LogP contribution >= 0.6 is 0 Å². The van der Waals surface area contributed by atoms with Crippen molar-refractivity contribution in [3.63, 3.8) is 0 Å². The van der Waals surface area contributed by atoms with Gasteiger partial charge in [0.15, 0.2) is 0 Å². The predicted molar refractivity (Wildman–Crippen MR) is 75.0 cm³/mol. The molecule has 19 heavy (non-hydrogen) atoms. The third-order valence-electron chi connectivity index (χ3n) is 2.80. The quantitative estimate of drug-likeness (QED) is 0.769. The van der Waals surface area contributed by atoms with Crippen molar-refractivity contribution in [3.05, 3.63) is 30.3 Å². The summed E-state index contributed by atoms with van der Waals surface area (Å²) in [5, 5.41) is 0. The SMILES string of the molecule is CCC[C@@H](OC(=O)[C@H](C)N)[C@H](C)Oc1ccccc1. The molecule has 0 saturated heterocycles. The Hall–Kier alpha value is -1.55. The van der Waals surface area contributed by atoms with Crippen molar-refractivity contribution in [1.29, 1.82) is 0 Å². The van der Waals surface area contributed by atoms with E-state index in [-0.39, 0.29) is 18.2 Å². The highest BCUT2D eigenvalue weighted by molar-refractivity contribution is 5.75. The Morgan fingerprint density at radius 1 is 1.26 bits per heavy atom. The molecule has 0 fully saturated rings. The molecule has 2 N–H and O–H groups in total. The van der Waals surface area contributed by atoms with E-state index < -0.39 is 6.04 Å². The summed E-state index contributed by atoms with van der Waals surface area (Å²) in [5.41, 5.74) is 5.52. The van der Waals surface area contributed by atoms with Crippen LogP contribution in [0.4, 0.5) is 0 Å². The molecule has 0 aliphatic heterocycles. The van der Waals surface area contributed by atoms with Crippen molar-refractivity contribution in [3.8, 4) is 5.75 Å². The molecule has 0 unspecified atom stereocenters. The standard InChI is InChI=1S/C15H23NO3/c1-4-8-14(19-15(17)11(2)16)12(3)18-13-9-6-5-7-10-13/h5-7,9-12,14H,4,8,16H2,1-3H3/t11-,12-,14+/m0/s1. The molecular weight excluding hydrogens is 242 g/mol. The summed E-state index contributed by atoms with van der Waals surface area (Å²) < 4.78 is 11.2. The number of hydrogen-bond acceptors (Lipinski definition) is 4. The zero-order valence-corrected chi connectivity index (χ0v) is 11.8. The van der Waals surface area contributed by atoms with Gasteiger partial charge in [0.1, 0.15) is 24.0 Å². The number of para-hydroxylation sites is 1. The molecule has 3 atom stereocenters. The molecule has 0 aromatic heterocycles. The number of carbonyl (C=O) groups excluding carboxylic acids is 1. The van der Waals surface area contributed by atoms with E-state index in [4.69, 9.17) is 15.2 Å². The molecular formula is C15H23NO3. The normalized spacial score (nSPS) is 15.4. The number of ether oxygens (including phenoxy) is 2. The average molecular weight is 265 g/mol. The minimum Gasteiger partial charge on any atom is -0.487 e. The summed E-state index contributed by atoms with van der Waals surface area (Å²) in [6, 6.07) is 8.90. The van der Waals surface area contributed by atoms with E-state index in [1.54, 1.807) is 6.92 Å². The molecule has 0 saturated carbocycles. The molecule has 1 aromatic carbocycles. The van der Waals surface area contributed by atoms with E-state index in [0.717, 1.165) is 18.6 Å². The zero-order valence-electron chi connectivity index (χ0n) is 11.8. The molecule has 1 rings (SSSR count). The minimum atomic E-state index is -0.608. The molecule has 0 heterocycles. The van der Waals surface area contributed by atoms with Crippen molar-refractivity contribution < 1.29 is 14.3 Å². The Balaban J connectivity index is 2.62. The van der Waals surface area contributed by atoms with E-state index >= 15 is 0 Å². The largest absolute Gasteiger partial charge is 0.487 e. The van der Waals surface area contributed by atoms with E-state index in [2.05, 4.69) is 0 Å². The van der Waals surface area contributed by atoms with E-state index in [9.17, 15) is 4.79 Å². The van der Waals surface area contributed by atoms with Gasteiger partial charge in [-0.3, -0.25) is 4.79 Å². The summed E-state index contributed by atoms with van der Waals surface area (Å²) in [6.45, 7) is 5.57. The van der Waals surface area contributed by atoms with Gasteiger partial charge >= 0.3 is 5.97 Å². The summed E-state index contributed by atoms with van der Waals surface area (Å²) >= 11 is 0. The fourth-order valence-electron chi connectivity index (χ4n) is 1.72. The first kappa shape index (κ1) is 15.5. The lowest BCUT2D eigenvalue weighted by molar-refractivity contribution is -0.155. The summed E-state index contributed by atoms with van der Waals surface area (Å²) in [5.74, 6) is 0.384. The van der Waals surface area contributed by atoms with Crippen molar-refractivity contribution in [2.24, 2.45) is 5.73 Å². The monoisotopic (exact) mass is 265 g/mol. The Labute approximate surface area is 114 Å². The summed E-state index contributed by atoms with van der Waals surface area (Å²) in [6.07, 6.45) is 1.19. The second kappa shape index (κ2) is 7.79. The minimum absolute atomic E-state index is 0.204. The molecule has 0 amide bonds. The van der Waals surface area contributed by atoms with Crippen LogP contribution in [0.1, 0.15) is 33.6 Å². The second-order valence-electron chi connectivity index (χ2n) is 4.69. The maximum atomic E-state index is 11.6. The van der Waals surface area contributed by atoms with E-state index in [0.29, 0.717) is 0 Å². The van der Waals surface area contributed by atoms with E-state index in [1.807, 2.05) is 44.2 Å². The van der Waals surface area contributed by atoms with Gasteiger partial charge in [0.2, 0.25) is 0 Å². The summed E-state index contributed by atoms with van der Waals surface area (Å²) in [7, 11) is 0. The van der Waals surface area contributed by atoms with E-state index in [1.165, 1.54) is 0 Å². The second-order valence-corrected chi connectivity index (χ2v) is 4.69. The van der Waals surface area contributed by atoms with Crippen molar-refractivity contribution in [2.75, 3.05) is 0 Å². The van der Waals surface area contributed by atoms with Crippen molar-refractivity contribution in [1.82, 2.24) is 0 Å². The molecule has 0 aliphatic carbocycles. The first-order valence-electron chi connectivity index (χ1n) is 6.72. The van der Waals surface area contributed by atoms with Gasteiger partial charge in [0, 0.05) is 0 Å². The van der Waals surface area contributed by atoms with Crippen LogP contribution in [0.25, 0.3) is 0 Å². The molecule has 0 bridgehead atoms. The van der Waals surface area contributed by atoms with Gasteiger partial charge in [0.25, 0.3) is 0 Å². The molecule has 1 aromatic rings. The predicted octanol–water partition coefficient (Wildman–Crippen LogP) is 2.51. The lowest BCUT2D eigenvalue weighted by Gasteiger charge is -2.25. The Kier molecular flexibility index (Phi) is 6.36. The highest BCUT2D eigenvalue weighted by atomic mass is 16.6. The topological polar surface area (TPSA) is 61.5 Å². The van der Waals surface area contributed by atoms with Gasteiger partial charge in [-0.25, -0.2) is 0 Å². The Bertz CT molecular complexity index is 378.